The molecule has 0 spiro atoms. The van der Waals surface area contributed by atoms with E-state index in [1.54, 1.807) is 0 Å². The second kappa shape index (κ2) is 7.78. The summed E-state index contributed by atoms with van der Waals surface area (Å²) in [6.07, 6.45) is 1.21. The van der Waals surface area contributed by atoms with Gasteiger partial charge >= 0.3 is 0 Å². The third-order valence-electron chi connectivity index (χ3n) is 2.49. The monoisotopic (exact) mass is 281 g/mol. The lowest BCUT2D eigenvalue weighted by Gasteiger charge is -2.23. The van der Waals surface area contributed by atoms with Crippen molar-refractivity contribution in [1.29, 1.82) is 21.0 Å². The van der Waals surface area contributed by atoms with Crippen molar-refractivity contribution in [1.82, 2.24) is 9.97 Å². The normalized spacial score (nSPS) is 8.76. The molecule has 0 saturated carbocycles. The topological polar surface area (TPSA) is 153 Å². The fourth-order valence-electron chi connectivity index (χ4n) is 1.63. The Hall–Kier alpha value is -3.56. The van der Waals surface area contributed by atoms with E-state index in [9.17, 15) is 0 Å². The van der Waals surface area contributed by atoms with E-state index in [0.717, 1.165) is 0 Å². The minimum Gasteiger partial charge on any atom is -0.393 e. The smallest absolute Gasteiger partial charge is 0.159 e. The standard InChI is InChI=1S/C12H11N9/c13-1-5-20(6-2-14)11-10(17)12(19-9-18-11)21(7-3-15)8-4-16/h9H,5-8,17H2. The molecule has 2 N–H and O–H groups in total. The van der Waals surface area contributed by atoms with Gasteiger partial charge in [-0.2, -0.15) is 21.0 Å². The molecule has 0 aliphatic carbocycles. The number of nitriles is 4. The van der Waals surface area contributed by atoms with Crippen molar-refractivity contribution in [3.63, 3.8) is 0 Å². The summed E-state index contributed by atoms with van der Waals surface area (Å²) in [6, 6.07) is 7.67. The molecule has 0 atom stereocenters. The zero-order valence-corrected chi connectivity index (χ0v) is 11.1. The average Bonchev–Trinajstić information content (AvgIpc) is 2.47. The lowest BCUT2D eigenvalue weighted by Crippen LogP contribution is -2.29. The van der Waals surface area contributed by atoms with Crippen LogP contribution in [0.4, 0.5) is 17.3 Å². The summed E-state index contributed by atoms with van der Waals surface area (Å²) in [4.78, 5) is 10.7. The first-order valence-electron chi connectivity index (χ1n) is 5.77. The fraction of sp³-hybridized carbons (Fsp3) is 0.333. The number of nitrogens with two attached hydrogens (primary N) is 1. The minimum atomic E-state index is -0.0648. The summed E-state index contributed by atoms with van der Waals surface area (Å²) in [6.45, 7) is -0.259. The predicted octanol–water partition coefficient (Wildman–Crippen LogP) is -0.234. The van der Waals surface area contributed by atoms with E-state index in [4.69, 9.17) is 26.8 Å². The number of nitrogen functional groups attached to an aromatic ring is 1. The largest absolute Gasteiger partial charge is 0.393 e. The summed E-state index contributed by atoms with van der Waals surface area (Å²) in [5.74, 6) is 0.452. The maximum absolute atomic E-state index is 8.78. The molecule has 0 saturated heterocycles. The minimum absolute atomic E-state index is 0.0648. The number of rotatable bonds is 6. The zero-order valence-electron chi connectivity index (χ0n) is 11.1. The first-order chi connectivity index (χ1) is 10.2. The molecule has 0 unspecified atom stereocenters. The van der Waals surface area contributed by atoms with Crippen molar-refractivity contribution < 1.29 is 0 Å². The van der Waals surface area contributed by atoms with Crippen LogP contribution in [0.3, 0.4) is 0 Å². The molecule has 0 radical (unpaired) electrons. The van der Waals surface area contributed by atoms with Crippen LogP contribution in [0.2, 0.25) is 0 Å². The van der Waals surface area contributed by atoms with Gasteiger partial charge in [0, 0.05) is 0 Å². The molecular formula is C12H11N9. The van der Waals surface area contributed by atoms with Crippen molar-refractivity contribution >= 4 is 17.3 Å². The zero-order chi connectivity index (χ0) is 15.7. The van der Waals surface area contributed by atoms with Crippen LogP contribution in [0.25, 0.3) is 0 Å². The maximum Gasteiger partial charge on any atom is 0.159 e. The molecule has 0 amide bonds. The SMILES string of the molecule is N#CCN(CC#N)c1ncnc(N(CC#N)CC#N)c1N. The van der Waals surface area contributed by atoms with Crippen LogP contribution < -0.4 is 15.5 Å². The summed E-state index contributed by atoms with van der Waals surface area (Å²) >= 11 is 0. The Morgan fingerprint density at radius 2 is 1.14 bits per heavy atom. The van der Waals surface area contributed by atoms with Crippen LogP contribution in [-0.2, 0) is 0 Å². The first-order valence-corrected chi connectivity index (χ1v) is 5.77. The highest BCUT2D eigenvalue weighted by Gasteiger charge is 2.18. The Balaban J connectivity index is 3.24. The molecule has 1 rings (SSSR count). The number of anilines is 3. The fourth-order valence-corrected chi connectivity index (χ4v) is 1.63. The third kappa shape index (κ3) is 3.70. The first kappa shape index (κ1) is 15.5. The Morgan fingerprint density at radius 3 is 1.43 bits per heavy atom. The van der Waals surface area contributed by atoms with Crippen LogP contribution in [0.5, 0.6) is 0 Å². The lowest BCUT2D eigenvalue weighted by atomic mass is 10.3. The highest BCUT2D eigenvalue weighted by Crippen LogP contribution is 2.28. The second-order valence-electron chi connectivity index (χ2n) is 3.78. The van der Waals surface area contributed by atoms with Crippen LogP contribution in [0.1, 0.15) is 0 Å². The van der Waals surface area contributed by atoms with Gasteiger partial charge in [-0.15, -0.1) is 0 Å². The quantitative estimate of drug-likeness (QED) is 0.696. The van der Waals surface area contributed by atoms with E-state index in [2.05, 4.69) is 9.97 Å². The van der Waals surface area contributed by atoms with Crippen molar-refractivity contribution in [3.05, 3.63) is 6.33 Å². The molecule has 1 aromatic heterocycles. The van der Waals surface area contributed by atoms with Gasteiger partial charge < -0.3 is 15.5 Å². The highest BCUT2D eigenvalue weighted by atomic mass is 15.2. The lowest BCUT2D eigenvalue weighted by molar-refractivity contribution is 0.899. The molecule has 0 fully saturated rings. The molecule has 9 heteroatoms. The number of aromatic nitrogens is 2. The van der Waals surface area contributed by atoms with Gasteiger partial charge in [-0.3, -0.25) is 0 Å². The number of nitrogens with zero attached hydrogens (tertiary/aromatic N) is 8. The van der Waals surface area contributed by atoms with Gasteiger partial charge in [-0.1, -0.05) is 0 Å². The van der Waals surface area contributed by atoms with E-state index in [0.29, 0.717) is 0 Å². The van der Waals surface area contributed by atoms with Crippen molar-refractivity contribution in [2.24, 2.45) is 0 Å². The van der Waals surface area contributed by atoms with E-state index >= 15 is 0 Å². The van der Waals surface area contributed by atoms with Crippen LogP contribution >= 0.6 is 0 Å². The van der Waals surface area contributed by atoms with Gasteiger partial charge in [0.1, 0.15) is 38.2 Å². The maximum atomic E-state index is 8.78. The molecule has 0 aliphatic heterocycles. The molecule has 1 heterocycles. The summed E-state index contributed by atoms with van der Waals surface area (Å²) in [7, 11) is 0. The molecule has 1 aromatic rings. The Bertz CT molecular complexity index is 569. The summed E-state index contributed by atoms with van der Waals surface area (Å²) in [5, 5.41) is 35.1. The van der Waals surface area contributed by atoms with Crippen molar-refractivity contribution in [3.8, 4) is 24.3 Å². The molecule has 0 aliphatic rings. The summed E-state index contributed by atoms with van der Waals surface area (Å²) < 4.78 is 0. The Labute approximate surface area is 121 Å². The number of hydrogen-bond donors (Lipinski definition) is 1. The molecule has 21 heavy (non-hydrogen) atoms. The van der Waals surface area contributed by atoms with Gasteiger partial charge in [-0.05, 0) is 0 Å². The van der Waals surface area contributed by atoms with Crippen molar-refractivity contribution in [2.45, 2.75) is 0 Å². The van der Waals surface area contributed by atoms with Gasteiger partial charge in [0.25, 0.3) is 0 Å². The third-order valence-corrected chi connectivity index (χ3v) is 2.49. The van der Waals surface area contributed by atoms with Crippen LogP contribution in [0, 0.1) is 45.3 Å². The van der Waals surface area contributed by atoms with Gasteiger partial charge in [0.2, 0.25) is 0 Å². The van der Waals surface area contributed by atoms with E-state index < -0.39 is 0 Å². The summed E-state index contributed by atoms with van der Waals surface area (Å²) in [5.41, 5.74) is 6.08. The van der Waals surface area contributed by atoms with Crippen molar-refractivity contribution in [2.75, 3.05) is 41.7 Å². The molecule has 104 valence electrons. The van der Waals surface area contributed by atoms with E-state index in [1.807, 2.05) is 24.3 Å². The Morgan fingerprint density at radius 1 is 0.810 bits per heavy atom. The second-order valence-corrected chi connectivity index (χ2v) is 3.78. The predicted molar refractivity (Wildman–Crippen MR) is 73.3 cm³/mol. The Kier molecular flexibility index (Phi) is 5.74. The van der Waals surface area contributed by atoms with E-state index in [1.165, 1.54) is 16.1 Å². The highest BCUT2D eigenvalue weighted by molar-refractivity contribution is 5.76. The molecule has 0 aromatic carbocycles. The van der Waals surface area contributed by atoms with Gasteiger partial charge in [-0.25, -0.2) is 9.97 Å². The molecular weight excluding hydrogens is 270 g/mol. The molecule has 9 nitrogen and oxygen atoms in total. The average molecular weight is 281 g/mol. The van der Waals surface area contributed by atoms with Crippen LogP contribution in [0.15, 0.2) is 6.33 Å². The van der Waals surface area contributed by atoms with E-state index in [-0.39, 0.29) is 43.5 Å². The van der Waals surface area contributed by atoms with Gasteiger partial charge in [0.05, 0.1) is 24.3 Å². The number of hydrogen-bond acceptors (Lipinski definition) is 9. The van der Waals surface area contributed by atoms with Crippen LogP contribution in [-0.4, -0.2) is 36.1 Å². The van der Waals surface area contributed by atoms with Gasteiger partial charge in [0.15, 0.2) is 11.6 Å². The molecule has 0 bridgehead atoms.